The van der Waals surface area contributed by atoms with Crippen molar-refractivity contribution in [3.8, 4) is 0 Å². The van der Waals surface area contributed by atoms with Crippen molar-refractivity contribution in [1.29, 1.82) is 0 Å². The molecule has 10 heteroatoms. The summed E-state index contributed by atoms with van der Waals surface area (Å²) in [5.41, 5.74) is -6.24. The minimum atomic E-state index is -2.07. The Morgan fingerprint density at radius 2 is 1.72 bits per heavy atom. The molecule has 0 radical (unpaired) electrons. The molecule has 212 valence electrons. The molecular weight excluding hydrogens is 508 g/mol. The van der Waals surface area contributed by atoms with E-state index < -0.39 is 76.2 Å². The van der Waals surface area contributed by atoms with Gasteiger partial charge in [0.2, 0.25) is 0 Å². The fourth-order valence-corrected chi connectivity index (χ4v) is 7.66. The summed E-state index contributed by atoms with van der Waals surface area (Å²) in [6, 6.07) is 8.08. The van der Waals surface area contributed by atoms with Crippen molar-refractivity contribution in [2.45, 2.75) is 89.2 Å². The van der Waals surface area contributed by atoms with Gasteiger partial charge >= 0.3 is 11.9 Å². The highest BCUT2D eigenvalue weighted by Gasteiger charge is 2.77. The number of fused-ring (bicyclic) bond motifs is 5. The van der Waals surface area contributed by atoms with E-state index in [1.165, 1.54) is 26.0 Å². The number of hydrogen-bond acceptors (Lipinski definition) is 10. The van der Waals surface area contributed by atoms with Crippen LogP contribution >= 0.6 is 0 Å². The predicted octanol–water partition coefficient (Wildman–Crippen LogP) is 1.08. The monoisotopic (exact) mass is 544 g/mol. The molecule has 0 amide bonds. The van der Waals surface area contributed by atoms with Crippen molar-refractivity contribution in [2.75, 3.05) is 6.61 Å². The summed E-state index contributed by atoms with van der Waals surface area (Å²) in [5.74, 6) is -3.60. The summed E-state index contributed by atoms with van der Waals surface area (Å²) in [5, 5.41) is 46.7. The van der Waals surface area contributed by atoms with Crippen LogP contribution in [0.25, 0.3) is 0 Å². The Morgan fingerprint density at radius 1 is 1.08 bits per heavy atom. The van der Waals surface area contributed by atoms with E-state index in [1.54, 1.807) is 39.0 Å². The van der Waals surface area contributed by atoms with Gasteiger partial charge in [-0.1, -0.05) is 32.0 Å². The first-order valence-electron chi connectivity index (χ1n) is 13.2. The van der Waals surface area contributed by atoms with E-state index >= 15 is 0 Å². The number of Topliss-reactive ketones (excluding diaryl/α,β-unsaturated/α-hetero) is 1. The Hall–Kier alpha value is -2.63. The SMILES string of the molecule is CC(=O)O[C@@]12CO[C@@H]1CC(O)[C@@]1(C)C(=O)C(O)C3=C(C)[C@@H](O)C[C@@](O)([C@@H](OC(=O)c4ccccc4)C12)C3(C)C. The molecule has 2 saturated carbocycles. The lowest BCUT2D eigenvalue weighted by atomic mass is 9.44. The van der Waals surface area contributed by atoms with Gasteiger partial charge < -0.3 is 34.6 Å². The highest BCUT2D eigenvalue weighted by Crippen LogP contribution is 2.63. The minimum Gasteiger partial charge on any atom is -0.455 e. The summed E-state index contributed by atoms with van der Waals surface area (Å²) < 4.78 is 17.7. The average Bonchev–Trinajstić information content (AvgIpc) is 2.87. The molecule has 3 fully saturated rings. The number of carbonyl (C=O) groups is 3. The molecule has 0 spiro atoms. The number of rotatable bonds is 3. The molecule has 1 saturated heterocycles. The van der Waals surface area contributed by atoms with Gasteiger partial charge in [-0.25, -0.2) is 4.79 Å². The van der Waals surface area contributed by atoms with Gasteiger partial charge in [0.05, 0.1) is 35.7 Å². The molecule has 10 nitrogen and oxygen atoms in total. The maximum Gasteiger partial charge on any atom is 0.338 e. The third-order valence-electron chi connectivity index (χ3n) is 9.95. The summed E-state index contributed by atoms with van der Waals surface area (Å²) in [6.45, 7) is 7.29. The molecule has 5 rings (SSSR count). The lowest BCUT2D eigenvalue weighted by Gasteiger charge is -2.67. The Labute approximate surface area is 226 Å². The number of aliphatic hydroxyl groups excluding tert-OH is 3. The highest BCUT2D eigenvalue weighted by atomic mass is 16.6. The number of aliphatic hydroxyl groups is 4. The standard InChI is InChI=1S/C29H36O10/c1-14-17(31)12-29(36)24(38-25(35)16-9-7-6-8-10-16)22-27(5,23(34)21(33)20(14)26(29,3)4)18(32)11-19-28(22,13-37-19)39-15(2)30/h6-10,17-19,21-22,24,31-33,36H,11-13H2,1-5H3/t17-,18?,19+,21?,22?,24-,27+,28-,29+/m0/s1. The normalized spacial score (nSPS) is 42.7. The van der Waals surface area contributed by atoms with E-state index in [1.807, 2.05) is 0 Å². The molecule has 2 bridgehead atoms. The topological polar surface area (TPSA) is 160 Å². The molecule has 1 heterocycles. The highest BCUT2D eigenvalue weighted by molar-refractivity contribution is 5.94. The van der Waals surface area contributed by atoms with Crippen molar-refractivity contribution >= 4 is 17.7 Å². The van der Waals surface area contributed by atoms with Crippen molar-refractivity contribution in [3.63, 3.8) is 0 Å². The van der Waals surface area contributed by atoms with E-state index in [4.69, 9.17) is 14.2 Å². The van der Waals surface area contributed by atoms with Crippen molar-refractivity contribution in [2.24, 2.45) is 16.7 Å². The molecule has 3 unspecified atom stereocenters. The fraction of sp³-hybridized carbons (Fsp3) is 0.621. The van der Waals surface area contributed by atoms with E-state index in [-0.39, 0.29) is 30.6 Å². The third kappa shape index (κ3) is 3.62. The van der Waals surface area contributed by atoms with E-state index in [0.717, 1.165) is 0 Å². The molecule has 3 aliphatic carbocycles. The number of ether oxygens (including phenoxy) is 3. The maximum absolute atomic E-state index is 14.3. The average molecular weight is 545 g/mol. The molecule has 0 aromatic heterocycles. The number of hydrogen-bond donors (Lipinski definition) is 4. The minimum absolute atomic E-state index is 0.0828. The first-order valence-corrected chi connectivity index (χ1v) is 13.2. The van der Waals surface area contributed by atoms with Gasteiger partial charge in [0.15, 0.2) is 11.4 Å². The van der Waals surface area contributed by atoms with Gasteiger partial charge in [0, 0.05) is 25.2 Å². The largest absolute Gasteiger partial charge is 0.455 e. The van der Waals surface area contributed by atoms with E-state index in [0.29, 0.717) is 5.57 Å². The molecule has 1 aromatic carbocycles. The van der Waals surface area contributed by atoms with Gasteiger partial charge in [-0.15, -0.1) is 0 Å². The summed E-state index contributed by atoms with van der Waals surface area (Å²) in [4.78, 5) is 40.3. The summed E-state index contributed by atoms with van der Waals surface area (Å²) >= 11 is 0. The lowest BCUT2D eigenvalue weighted by molar-refractivity contribution is -0.345. The smallest absolute Gasteiger partial charge is 0.338 e. The van der Waals surface area contributed by atoms with Crippen LogP contribution in [0.5, 0.6) is 0 Å². The van der Waals surface area contributed by atoms with Gasteiger partial charge in [-0.3, -0.25) is 9.59 Å². The van der Waals surface area contributed by atoms with Crippen LogP contribution in [0.3, 0.4) is 0 Å². The Balaban J connectivity index is 1.81. The van der Waals surface area contributed by atoms with Crippen molar-refractivity contribution < 1.29 is 49.0 Å². The second-order valence-electron chi connectivity index (χ2n) is 12.2. The molecule has 39 heavy (non-hydrogen) atoms. The van der Waals surface area contributed by atoms with Crippen LogP contribution in [-0.2, 0) is 23.8 Å². The Kier molecular flexibility index (Phi) is 6.40. The molecule has 1 aliphatic heterocycles. The van der Waals surface area contributed by atoms with Crippen LogP contribution in [0.4, 0.5) is 0 Å². The maximum atomic E-state index is 14.3. The molecule has 4 aliphatic rings. The number of ketones is 1. The van der Waals surface area contributed by atoms with Gasteiger partial charge in [0.1, 0.15) is 23.9 Å². The first kappa shape index (κ1) is 27.9. The first-order chi connectivity index (χ1) is 18.1. The number of carbonyl (C=O) groups excluding carboxylic acids is 3. The van der Waals surface area contributed by atoms with Crippen LogP contribution in [0, 0.1) is 16.7 Å². The van der Waals surface area contributed by atoms with Crippen molar-refractivity contribution in [1.82, 2.24) is 0 Å². The van der Waals surface area contributed by atoms with Crippen molar-refractivity contribution in [3.05, 3.63) is 47.0 Å². The second kappa shape index (κ2) is 8.94. The Morgan fingerprint density at radius 3 is 2.28 bits per heavy atom. The molecule has 9 atom stereocenters. The second-order valence-corrected chi connectivity index (χ2v) is 12.2. The fourth-order valence-electron chi connectivity index (χ4n) is 7.66. The van der Waals surface area contributed by atoms with Crippen LogP contribution in [0.2, 0.25) is 0 Å². The number of esters is 2. The molecule has 4 N–H and O–H groups in total. The molecular formula is C29H36O10. The molecule has 1 aromatic rings. The van der Waals surface area contributed by atoms with Crippen LogP contribution < -0.4 is 0 Å². The summed E-state index contributed by atoms with van der Waals surface area (Å²) in [7, 11) is 0. The number of benzene rings is 1. The zero-order chi connectivity index (χ0) is 28.7. The quantitative estimate of drug-likeness (QED) is 0.320. The predicted molar refractivity (Wildman–Crippen MR) is 135 cm³/mol. The third-order valence-corrected chi connectivity index (χ3v) is 9.95. The van der Waals surface area contributed by atoms with Crippen LogP contribution in [0.15, 0.2) is 41.5 Å². The zero-order valence-electron chi connectivity index (χ0n) is 22.7. The van der Waals surface area contributed by atoms with Crippen LogP contribution in [-0.4, -0.2) is 86.5 Å². The van der Waals surface area contributed by atoms with E-state index in [9.17, 15) is 34.8 Å². The lowest BCUT2D eigenvalue weighted by Crippen LogP contribution is -2.81. The van der Waals surface area contributed by atoms with E-state index in [2.05, 4.69) is 0 Å². The van der Waals surface area contributed by atoms with Gasteiger partial charge in [-0.2, -0.15) is 0 Å². The van der Waals surface area contributed by atoms with Gasteiger partial charge in [-0.05, 0) is 37.1 Å². The Bertz CT molecular complexity index is 1240. The zero-order valence-corrected chi connectivity index (χ0v) is 22.7. The summed E-state index contributed by atoms with van der Waals surface area (Å²) in [6.07, 6.45) is -7.26. The van der Waals surface area contributed by atoms with Crippen LogP contribution in [0.1, 0.15) is 57.8 Å². The van der Waals surface area contributed by atoms with Gasteiger partial charge in [0.25, 0.3) is 0 Å².